The molecule has 11 aromatic carbocycles. The minimum atomic E-state index is 0.422. The molecular formula is C92H85N17. The average Bonchev–Trinajstić information content (AvgIpc) is 1.55. The van der Waals surface area contributed by atoms with Gasteiger partial charge in [-0.3, -0.25) is 17.6 Å². The van der Waals surface area contributed by atoms with Crippen LogP contribution in [0.5, 0.6) is 0 Å². The Bertz CT molecular complexity index is 7820. The molecule has 0 amide bonds. The summed E-state index contributed by atoms with van der Waals surface area (Å²) in [4.78, 5) is 24.8. The maximum Gasteiger partial charge on any atom is 0.215 e. The van der Waals surface area contributed by atoms with Crippen molar-refractivity contribution in [3.8, 4) is 11.4 Å². The first-order chi connectivity index (χ1) is 52.7. The number of hydrogen-bond acceptors (Lipinski definition) is 5. The Morgan fingerprint density at radius 1 is 0.275 bits per heavy atom. The van der Waals surface area contributed by atoms with E-state index in [0.717, 1.165) is 78.6 Å². The number of aromatic nitrogens is 17. The first kappa shape index (κ1) is 65.6. The highest BCUT2D eigenvalue weighted by molar-refractivity contribution is 6.16. The van der Waals surface area contributed by atoms with Crippen molar-refractivity contribution in [1.29, 1.82) is 0 Å². The summed E-state index contributed by atoms with van der Waals surface area (Å²) in [6.07, 6.45) is 2.12. The van der Waals surface area contributed by atoms with E-state index >= 15 is 0 Å². The van der Waals surface area contributed by atoms with Gasteiger partial charge in [0.15, 0.2) is 0 Å². The Kier molecular flexibility index (Phi) is 14.2. The van der Waals surface area contributed by atoms with E-state index in [0.29, 0.717) is 11.8 Å². The fourth-order valence-corrected chi connectivity index (χ4v) is 19.2. The summed E-state index contributed by atoms with van der Waals surface area (Å²) < 4.78 is 27.1. The summed E-state index contributed by atoms with van der Waals surface area (Å²) in [6.45, 7) is 20.1. The van der Waals surface area contributed by atoms with Crippen molar-refractivity contribution < 1.29 is 0 Å². The lowest BCUT2D eigenvalue weighted by Crippen LogP contribution is -2.04. The SMILES string of the molecule is Cc1c2c(cc3c1n(C)c1nc4ccccc4n31)c1ccccc1n2C.Cc1c2c(cc3c1n(C)c1nc4ccccc4n31)nc(-c1c(C(C)C)cccc1C(C)C)n2C.Cc1c2c(ccn2C)cc2c1n(C)c1nc3ccccc3n21.Cc1cccc2c1nc1n(C)c3c(C)c4c(cc3n21)c1ccccc1n4C. The van der Waals surface area contributed by atoms with Crippen LogP contribution in [0.4, 0.5) is 0 Å². The highest BCUT2D eigenvalue weighted by atomic mass is 15.2. The van der Waals surface area contributed by atoms with Crippen molar-refractivity contribution >= 4 is 177 Å². The average molecular weight is 1430 g/mol. The van der Waals surface area contributed by atoms with E-state index in [9.17, 15) is 0 Å². The van der Waals surface area contributed by atoms with Crippen LogP contribution in [0, 0.1) is 34.6 Å². The van der Waals surface area contributed by atoms with Crippen LogP contribution in [0.15, 0.2) is 194 Å². The van der Waals surface area contributed by atoms with Gasteiger partial charge in [-0.05, 0) is 165 Å². The van der Waals surface area contributed by atoms with E-state index in [1.807, 2.05) is 18.2 Å². The molecule has 109 heavy (non-hydrogen) atoms. The molecule has 23 aromatic rings. The van der Waals surface area contributed by atoms with E-state index in [4.69, 9.17) is 24.9 Å². The van der Waals surface area contributed by atoms with Gasteiger partial charge in [0.05, 0.1) is 116 Å². The lowest BCUT2D eigenvalue weighted by atomic mass is 9.88. The molecule has 17 nitrogen and oxygen atoms in total. The number of para-hydroxylation sites is 9. The molecule has 0 saturated carbocycles. The number of imidazole rings is 9. The number of hydrogen-bond donors (Lipinski definition) is 0. The Balaban J connectivity index is 0.0000000965. The molecule has 538 valence electrons. The van der Waals surface area contributed by atoms with Gasteiger partial charge in [0, 0.05) is 112 Å². The van der Waals surface area contributed by atoms with E-state index in [-0.39, 0.29) is 0 Å². The number of nitrogens with zero attached hydrogens (tertiary/aromatic N) is 17. The van der Waals surface area contributed by atoms with Crippen molar-refractivity contribution in [2.45, 2.75) is 74.1 Å². The zero-order chi connectivity index (χ0) is 74.9. The van der Waals surface area contributed by atoms with Crippen LogP contribution in [-0.4, -0.2) is 79.1 Å². The van der Waals surface area contributed by atoms with E-state index in [1.165, 1.54) is 149 Å². The van der Waals surface area contributed by atoms with E-state index in [2.05, 4.69) is 349 Å². The van der Waals surface area contributed by atoms with Crippen LogP contribution in [0.25, 0.3) is 188 Å². The minimum absolute atomic E-state index is 0.422. The van der Waals surface area contributed by atoms with Crippen LogP contribution >= 0.6 is 0 Å². The van der Waals surface area contributed by atoms with Gasteiger partial charge in [-0.15, -0.1) is 0 Å². The summed E-state index contributed by atoms with van der Waals surface area (Å²) in [5, 5.41) is 6.49. The molecule has 12 heterocycles. The second-order valence-electron chi connectivity index (χ2n) is 30.9. The maximum absolute atomic E-state index is 5.28. The van der Waals surface area contributed by atoms with E-state index in [1.54, 1.807) is 0 Å². The van der Waals surface area contributed by atoms with Crippen molar-refractivity contribution in [1.82, 2.24) is 79.1 Å². The third-order valence-electron chi connectivity index (χ3n) is 24.1. The zero-order valence-corrected chi connectivity index (χ0v) is 64.7. The van der Waals surface area contributed by atoms with Crippen LogP contribution in [-0.2, 0) is 56.4 Å². The smallest absolute Gasteiger partial charge is 0.215 e. The van der Waals surface area contributed by atoms with Crippen LogP contribution in [0.3, 0.4) is 0 Å². The molecule has 0 spiro atoms. The Labute approximate surface area is 627 Å². The molecule has 0 bridgehead atoms. The van der Waals surface area contributed by atoms with Crippen molar-refractivity contribution in [2.75, 3.05) is 0 Å². The Morgan fingerprint density at radius 2 is 0.651 bits per heavy atom. The lowest BCUT2D eigenvalue weighted by molar-refractivity contribution is 0.827. The van der Waals surface area contributed by atoms with Crippen LogP contribution in [0.1, 0.15) is 78.5 Å². The lowest BCUT2D eigenvalue weighted by Gasteiger charge is -2.19. The first-order valence-corrected chi connectivity index (χ1v) is 37.8. The van der Waals surface area contributed by atoms with Crippen molar-refractivity contribution in [2.24, 2.45) is 56.4 Å². The van der Waals surface area contributed by atoms with Gasteiger partial charge in [0.25, 0.3) is 0 Å². The second-order valence-corrected chi connectivity index (χ2v) is 30.9. The predicted molar refractivity (Wildman–Crippen MR) is 453 cm³/mol. The number of aryl methyl sites for hydroxylation is 13. The van der Waals surface area contributed by atoms with Crippen molar-refractivity contribution in [3.63, 3.8) is 0 Å². The Morgan fingerprint density at radius 3 is 1.12 bits per heavy atom. The van der Waals surface area contributed by atoms with Gasteiger partial charge >= 0.3 is 0 Å². The summed E-state index contributed by atoms with van der Waals surface area (Å²) in [6, 6.07) is 66.8. The fourth-order valence-electron chi connectivity index (χ4n) is 19.2. The summed E-state index contributed by atoms with van der Waals surface area (Å²) >= 11 is 0. The van der Waals surface area contributed by atoms with Gasteiger partial charge in [0.2, 0.25) is 23.1 Å². The number of rotatable bonds is 3. The molecule has 0 aliphatic heterocycles. The van der Waals surface area contributed by atoms with Gasteiger partial charge in [-0.25, -0.2) is 24.9 Å². The molecule has 23 rings (SSSR count). The molecule has 12 aromatic heterocycles. The van der Waals surface area contributed by atoms with Crippen molar-refractivity contribution in [3.05, 3.63) is 233 Å². The molecule has 0 saturated heterocycles. The normalized spacial score (nSPS) is 12.4. The summed E-state index contributed by atoms with van der Waals surface area (Å²) in [5.74, 6) is 5.84. The maximum atomic E-state index is 5.28. The molecule has 0 unspecified atom stereocenters. The summed E-state index contributed by atoms with van der Waals surface area (Å²) in [7, 11) is 17.0. The monoisotopic (exact) mass is 1430 g/mol. The molecule has 0 fully saturated rings. The highest BCUT2D eigenvalue weighted by Gasteiger charge is 2.28. The molecule has 0 radical (unpaired) electrons. The summed E-state index contributed by atoms with van der Waals surface area (Å²) in [5.41, 5.74) is 37.6. The second kappa shape index (κ2) is 23.6. The molecule has 17 heteroatoms. The molecule has 0 atom stereocenters. The number of benzene rings is 11. The molecule has 0 N–H and O–H groups in total. The molecule has 0 aliphatic rings. The fraction of sp³-hybridized carbons (Fsp3) is 0.207. The Hall–Kier alpha value is -12.9. The van der Waals surface area contributed by atoms with Crippen LogP contribution in [0.2, 0.25) is 0 Å². The highest BCUT2D eigenvalue weighted by Crippen LogP contribution is 2.43. The zero-order valence-electron chi connectivity index (χ0n) is 64.7. The first-order valence-electron chi connectivity index (χ1n) is 37.8. The third kappa shape index (κ3) is 8.97. The standard InChI is InChI=1S/C29H31N5.C23H20N4.C22H18N4.C18H16N4/c1-16(2)19-11-10-12-20(17(3)4)25(19)28-30-22-15-24-27(18(5)26(22)32(28)6)33(7)29-31-21-13-8-9-14-23(21)34(24)29;1-13-8-7-11-18-20(13)24-23-26(4)22-14(2)21-16(12-19(22)27(18)23)15-9-5-6-10-17(15)25(21)3;1-13-20-15(14-8-4-6-10-17(14)24(20)2)12-19-21(13)25(3)22-23-16-9-5-7-11-18(16)26(19)22;1-11-16-12(8-9-20(16)2)10-15-17(11)21(3)18-19-13-6-4-5-7-14(13)22(15)18/h8-17H,1-7H3;5-12H,1-4H3;4-12H,1-3H3;4-10H,1-3H3. The van der Waals surface area contributed by atoms with Gasteiger partial charge in [0.1, 0.15) is 5.82 Å². The number of fused-ring (bicyclic) bond motifs is 28. The predicted octanol–water partition coefficient (Wildman–Crippen LogP) is 21.0. The molecular weight excluding hydrogens is 1340 g/mol. The van der Waals surface area contributed by atoms with Gasteiger partial charge < -0.3 is 36.5 Å². The molecule has 0 aliphatic carbocycles. The quantitative estimate of drug-likeness (QED) is 0.174. The topological polar surface area (TPSA) is 122 Å². The minimum Gasteiger partial charge on any atom is -0.350 e. The van der Waals surface area contributed by atoms with Gasteiger partial charge in [-0.2, -0.15) is 0 Å². The van der Waals surface area contributed by atoms with E-state index < -0.39 is 0 Å². The third-order valence-corrected chi connectivity index (χ3v) is 24.1. The van der Waals surface area contributed by atoms with Gasteiger partial charge in [-0.1, -0.05) is 131 Å². The van der Waals surface area contributed by atoms with Crippen LogP contribution < -0.4 is 0 Å². The largest absolute Gasteiger partial charge is 0.350 e.